The minimum absolute atomic E-state index is 0.0248. The first-order valence-electron chi connectivity index (χ1n) is 6.60. The Bertz CT molecular complexity index is 228. The summed E-state index contributed by atoms with van der Waals surface area (Å²) in [6, 6.07) is -0.00185. The highest BCUT2D eigenvalue weighted by molar-refractivity contribution is 5.82. The van der Waals surface area contributed by atoms with Gasteiger partial charge in [0.25, 0.3) is 0 Å². The Balaban J connectivity index is 2.38. The van der Waals surface area contributed by atoms with Gasteiger partial charge in [0.1, 0.15) is 0 Å². The standard InChI is InChI=1S/C13H26N2O/c1-4-10-6-5-7-11(8-10)15-13(16)12(14)9(2)3/h9-12H,4-8,14H2,1-3H3,(H,15,16)/t10?,11?,12-/m0/s1. The third-order valence-corrected chi connectivity index (χ3v) is 3.73. The van der Waals surface area contributed by atoms with Crippen molar-refractivity contribution in [1.82, 2.24) is 5.32 Å². The van der Waals surface area contributed by atoms with Crippen LogP contribution >= 0.6 is 0 Å². The van der Waals surface area contributed by atoms with Crippen molar-refractivity contribution in [3.8, 4) is 0 Å². The van der Waals surface area contributed by atoms with Gasteiger partial charge in [-0.2, -0.15) is 0 Å². The summed E-state index contributed by atoms with van der Waals surface area (Å²) in [5.41, 5.74) is 5.83. The molecule has 1 aliphatic carbocycles. The number of amides is 1. The van der Waals surface area contributed by atoms with E-state index in [4.69, 9.17) is 5.73 Å². The highest BCUT2D eigenvalue weighted by Crippen LogP contribution is 2.26. The first-order chi connectivity index (χ1) is 7.54. The van der Waals surface area contributed by atoms with E-state index in [9.17, 15) is 4.79 Å². The van der Waals surface area contributed by atoms with Crippen LogP contribution in [-0.2, 0) is 4.79 Å². The molecule has 1 saturated carbocycles. The van der Waals surface area contributed by atoms with Gasteiger partial charge in [-0.25, -0.2) is 0 Å². The topological polar surface area (TPSA) is 55.1 Å². The Morgan fingerprint density at radius 1 is 1.44 bits per heavy atom. The number of hydrogen-bond donors (Lipinski definition) is 2. The summed E-state index contributed by atoms with van der Waals surface area (Å²) < 4.78 is 0. The first kappa shape index (κ1) is 13.5. The van der Waals surface area contributed by atoms with Crippen molar-refractivity contribution in [3.05, 3.63) is 0 Å². The van der Waals surface area contributed by atoms with E-state index in [0.29, 0.717) is 6.04 Å². The zero-order valence-corrected chi connectivity index (χ0v) is 10.8. The van der Waals surface area contributed by atoms with Crippen molar-refractivity contribution in [2.45, 2.75) is 65.0 Å². The van der Waals surface area contributed by atoms with Crippen LogP contribution in [0.1, 0.15) is 52.9 Å². The SMILES string of the molecule is CCC1CCCC(NC(=O)[C@@H](N)C(C)C)C1. The number of rotatable bonds is 4. The largest absolute Gasteiger partial charge is 0.352 e. The third-order valence-electron chi connectivity index (χ3n) is 3.73. The molecule has 3 heteroatoms. The van der Waals surface area contributed by atoms with E-state index in [2.05, 4.69) is 12.2 Å². The third kappa shape index (κ3) is 3.78. The first-order valence-corrected chi connectivity index (χ1v) is 6.60. The molecule has 0 aromatic heterocycles. The normalized spacial score (nSPS) is 27.8. The second-order valence-electron chi connectivity index (χ2n) is 5.42. The van der Waals surface area contributed by atoms with Crippen molar-refractivity contribution < 1.29 is 4.79 Å². The molecular formula is C13H26N2O. The smallest absolute Gasteiger partial charge is 0.237 e. The molecular weight excluding hydrogens is 200 g/mol. The van der Waals surface area contributed by atoms with Gasteiger partial charge < -0.3 is 11.1 Å². The van der Waals surface area contributed by atoms with Crippen LogP contribution in [0.15, 0.2) is 0 Å². The number of nitrogens with one attached hydrogen (secondary N) is 1. The summed E-state index contributed by atoms with van der Waals surface area (Å²) >= 11 is 0. The lowest BCUT2D eigenvalue weighted by Gasteiger charge is -2.30. The van der Waals surface area contributed by atoms with E-state index in [0.717, 1.165) is 18.8 Å². The molecule has 0 aromatic carbocycles. The van der Waals surface area contributed by atoms with E-state index in [1.54, 1.807) is 0 Å². The van der Waals surface area contributed by atoms with Crippen LogP contribution in [-0.4, -0.2) is 18.0 Å². The van der Waals surface area contributed by atoms with E-state index in [1.165, 1.54) is 19.3 Å². The van der Waals surface area contributed by atoms with Gasteiger partial charge in [-0.3, -0.25) is 4.79 Å². The van der Waals surface area contributed by atoms with Crippen LogP contribution in [0.3, 0.4) is 0 Å². The molecule has 2 unspecified atom stereocenters. The molecule has 0 aromatic rings. The van der Waals surface area contributed by atoms with E-state index in [1.807, 2.05) is 13.8 Å². The van der Waals surface area contributed by atoms with Gasteiger partial charge in [0, 0.05) is 6.04 Å². The van der Waals surface area contributed by atoms with Crippen molar-refractivity contribution in [2.75, 3.05) is 0 Å². The van der Waals surface area contributed by atoms with Crippen LogP contribution < -0.4 is 11.1 Å². The monoisotopic (exact) mass is 226 g/mol. The summed E-state index contributed by atoms with van der Waals surface area (Å²) in [5.74, 6) is 1.02. The molecule has 0 spiro atoms. The van der Waals surface area contributed by atoms with Gasteiger partial charge in [-0.15, -0.1) is 0 Å². The van der Waals surface area contributed by atoms with E-state index >= 15 is 0 Å². The maximum Gasteiger partial charge on any atom is 0.237 e. The highest BCUT2D eigenvalue weighted by Gasteiger charge is 2.25. The number of hydrogen-bond acceptors (Lipinski definition) is 2. The average Bonchev–Trinajstić information content (AvgIpc) is 2.28. The van der Waals surface area contributed by atoms with Gasteiger partial charge in [-0.1, -0.05) is 40.0 Å². The molecule has 0 aliphatic heterocycles. The molecule has 94 valence electrons. The second kappa shape index (κ2) is 6.24. The van der Waals surface area contributed by atoms with E-state index < -0.39 is 0 Å². The Morgan fingerprint density at radius 3 is 2.69 bits per heavy atom. The van der Waals surface area contributed by atoms with E-state index in [-0.39, 0.29) is 17.9 Å². The fourth-order valence-electron chi connectivity index (χ4n) is 2.39. The molecule has 1 amide bonds. The second-order valence-corrected chi connectivity index (χ2v) is 5.42. The lowest BCUT2D eigenvalue weighted by molar-refractivity contribution is -0.124. The van der Waals surface area contributed by atoms with Crippen LogP contribution in [0.2, 0.25) is 0 Å². The predicted molar refractivity (Wildman–Crippen MR) is 67.0 cm³/mol. The van der Waals surface area contributed by atoms with Crippen molar-refractivity contribution in [2.24, 2.45) is 17.6 Å². The number of carbonyl (C=O) groups is 1. The maximum absolute atomic E-state index is 11.8. The van der Waals surface area contributed by atoms with Crippen LogP contribution in [0, 0.1) is 11.8 Å². The molecule has 3 nitrogen and oxygen atoms in total. The van der Waals surface area contributed by atoms with Crippen molar-refractivity contribution in [3.63, 3.8) is 0 Å². The molecule has 0 heterocycles. The van der Waals surface area contributed by atoms with Crippen LogP contribution in [0.5, 0.6) is 0 Å². The number of nitrogens with two attached hydrogens (primary N) is 1. The molecule has 1 aliphatic rings. The molecule has 0 bridgehead atoms. The Labute approximate surface area is 99.2 Å². The lowest BCUT2D eigenvalue weighted by atomic mass is 9.84. The summed E-state index contributed by atoms with van der Waals surface area (Å²) in [6.45, 7) is 6.20. The van der Waals surface area contributed by atoms with Crippen molar-refractivity contribution in [1.29, 1.82) is 0 Å². The summed E-state index contributed by atoms with van der Waals surface area (Å²) in [6.07, 6.45) is 6.03. The quantitative estimate of drug-likeness (QED) is 0.771. The molecule has 1 rings (SSSR count). The Kier molecular flexibility index (Phi) is 5.26. The fourth-order valence-corrected chi connectivity index (χ4v) is 2.39. The van der Waals surface area contributed by atoms with Crippen LogP contribution in [0.25, 0.3) is 0 Å². The minimum atomic E-state index is -0.359. The van der Waals surface area contributed by atoms with Crippen LogP contribution in [0.4, 0.5) is 0 Å². The minimum Gasteiger partial charge on any atom is -0.352 e. The molecule has 0 saturated heterocycles. The molecule has 3 atom stereocenters. The number of carbonyl (C=O) groups excluding carboxylic acids is 1. The highest BCUT2D eigenvalue weighted by atomic mass is 16.2. The average molecular weight is 226 g/mol. The summed E-state index contributed by atoms with van der Waals surface area (Å²) in [7, 11) is 0. The molecule has 3 N–H and O–H groups in total. The molecule has 0 radical (unpaired) electrons. The van der Waals surface area contributed by atoms with Gasteiger partial charge in [0.2, 0.25) is 5.91 Å². The zero-order valence-electron chi connectivity index (χ0n) is 10.8. The van der Waals surface area contributed by atoms with Gasteiger partial charge >= 0.3 is 0 Å². The van der Waals surface area contributed by atoms with Gasteiger partial charge in [0.05, 0.1) is 6.04 Å². The Morgan fingerprint density at radius 2 is 2.12 bits per heavy atom. The maximum atomic E-state index is 11.8. The fraction of sp³-hybridized carbons (Fsp3) is 0.923. The van der Waals surface area contributed by atoms with Crippen molar-refractivity contribution >= 4 is 5.91 Å². The van der Waals surface area contributed by atoms with Gasteiger partial charge in [0.15, 0.2) is 0 Å². The lowest BCUT2D eigenvalue weighted by Crippen LogP contribution is -2.48. The predicted octanol–water partition coefficient (Wildman–Crippen LogP) is 2.05. The Hall–Kier alpha value is -0.570. The molecule has 1 fully saturated rings. The van der Waals surface area contributed by atoms with Gasteiger partial charge in [-0.05, 0) is 24.7 Å². The zero-order chi connectivity index (χ0) is 12.1. The molecule has 16 heavy (non-hydrogen) atoms. The summed E-state index contributed by atoms with van der Waals surface area (Å²) in [5, 5.41) is 3.10. The summed E-state index contributed by atoms with van der Waals surface area (Å²) in [4.78, 5) is 11.8.